The third-order valence-electron chi connectivity index (χ3n) is 5.55. The third kappa shape index (κ3) is 3.81. The summed E-state index contributed by atoms with van der Waals surface area (Å²) in [6.07, 6.45) is 0. The van der Waals surface area contributed by atoms with Gasteiger partial charge < -0.3 is 20.3 Å². The number of nitrogen functional groups attached to an aromatic ring is 1. The van der Waals surface area contributed by atoms with Crippen molar-refractivity contribution < 1.29 is 13.9 Å². The van der Waals surface area contributed by atoms with Crippen LogP contribution in [-0.2, 0) is 4.74 Å². The van der Waals surface area contributed by atoms with Crippen LogP contribution in [0.25, 0.3) is 22.3 Å². The number of carbonyl (C=O) groups excluding carboxylic acids is 1. The lowest BCUT2D eigenvalue weighted by molar-refractivity contribution is 0.120. The SMILES string of the molecule is Nc1nc(N2CCN(C(=O)N3CCOC3)CC2)c2nc(-c3ccc(F)cc3)ccc2n1. The Bertz CT molecular complexity index is 1110. The fraction of sp³-hybridized carbons (Fsp3) is 0.333. The third-order valence-corrected chi connectivity index (χ3v) is 5.55. The first-order valence-corrected chi connectivity index (χ1v) is 10.2. The summed E-state index contributed by atoms with van der Waals surface area (Å²) in [4.78, 5) is 31.7. The predicted molar refractivity (Wildman–Crippen MR) is 114 cm³/mol. The highest BCUT2D eigenvalue weighted by atomic mass is 19.1. The van der Waals surface area contributed by atoms with E-state index in [9.17, 15) is 9.18 Å². The largest absolute Gasteiger partial charge is 0.368 e. The van der Waals surface area contributed by atoms with Gasteiger partial charge in [-0.1, -0.05) is 0 Å². The molecule has 160 valence electrons. The second kappa shape index (κ2) is 7.95. The van der Waals surface area contributed by atoms with E-state index in [0.29, 0.717) is 68.6 Å². The van der Waals surface area contributed by atoms with E-state index in [0.717, 1.165) is 5.56 Å². The van der Waals surface area contributed by atoms with Crippen molar-refractivity contribution in [3.63, 3.8) is 0 Å². The fourth-order valence-electron chi connectivity index (χ4n) is 3.89. The van der Waals surface area contributed by atoms with Crippen LogP contribution in [0.2, 0.25) is 0 Å². The van der Waals surface area contributed by atoms with Gasteiger partial charge in [0.2, 0.25) is 5.95 Å². The van der Waals surface area contributed by atoms with Crippen LogP contribution in [-0.4, -0.2) is 76.8 Å². The normalized spacial score (nSPS) is 16.9. The zero-order valence-electron chi connectivity index (χ0n) is 16.9. The molecule has 10 heteroatoms. The Labute approximate surface area is 178 Å². The number of nitrogens with zero attached hydrogens (tertiary/aromatic N) is 6. The van der Waals surface area contributed by atoms with E-state index in [4.69, 9.17) is 15.5 Å². The molecule has 5 rings (SSSR count). The number of hydrogen-bond acceptors (Lipinski definition) is 7. The Kier molecular flexibility index (Phi) is 4.99. The number of aromatic nitrogens is 3. The minimum absolute atomic E-state index is 0.000862. The first-order chi connectivity index (χ1) is 15.1. The van der Waals surface area contributed by atoms with Crippen LogP contribution >= 0.6 is 0 Å². The first-order valence-electron chi connectivity index (χ1n) is 10.2. The number of pyridine rings is 1. The van der Waals surface area contributed by atoms with E-state index in [-0.39, 0.29) is 17.8 Å². The highest BCUT2D eigenvalue weighted by Crippen LogP contribution is 2.27. The molecule has 4 heterocycles. The molecule has 2 aromatic heterocycles. The maximum absolute atomic E-state index is 13.3. The second-order valence-corrected chi connectivity index (χ2v) is 7.53. The van der Waals surface area contributed by atoms with Gasteiger partial charge in [-0.2, -0.15) is 4.98 Å². The zero-order valence-corrected chi connectivity index (χ0v) is 16.9. The molecule has 2 aliphatic rings. The van der Waals surface area contributed by atoms with Gasteiger partial charge in [0.05, 0.1) is 17.8 Å². The van der Waals surface area contributed by atoms with E-state index in [2.05, 4.69) is 14.9 Å². The lowest BCUT2D eigenvalue weighted by Gasteiger charge is -2.37. The number of fused-ring (bicyclic) bond motifs is 1. The predicted octanol–water partition coefficient (Wildman–Crippen LogP) is 1.94. The number of nitrogens with two attached hydrogens (primary N) is 1. The number of piperazine rings is 1. The standard InChI is InChI=1S/C21H22FN7O2/c22-15-3-1-14(2-4-15)16-5-6-17-18(24-16)19(26-20(23)25-17)27-7-9-28(10-8-27)21(30)29-11-12-31-13-29/h1-6H,7-13H2,(H2,23,25,26). The Morgan fingerprint density at radius 2 is 1.71 bits per heavy atom. The molecule has 0 aliphatic carbocycles. The summed E-state index contributed by atoms with van der Waals surface area (Å²) in [6, 6.07) is 9.87. The Morgan fingerprint density at radius 3 is 2.42 bits per heavy atom. The zero-order chi connectivity index (χ0) is 21.4. The van der Waals surface area contributed by atoms with E-state index in [1.54, 1.807) is 17.0 Å². The summed E-state index contributed by atoms with van der Waals surface area (Å²) in [6.45, 7) is 3.91. The van der Waals surface area contributed by atoms with E-state index >= 15 is 0 Å². The summed E-state index contributed by atoms with van der Waals surface area (Å²) in [5.74, 6) is 0.517. The van der Waals surface area contributed by atoms with Crippen LogP contribution in [0.3, 0.4) is 0 Å². The smallest absolute Gasteiger partial charge is 0.322 e. The van der Waals surface area contributed by atoms with Gasteiger partial charge in [0, 0.05) is 38.3 Å². The monoisotopic (exact) mass is 423 g/mol. The minimum Gasteiger partial charge on any atom is -0.368 e. The van der Waals surface area contributed by atoms with E-state index in [1.165, 1.54) is 12.1 Å². The molecule has 2 aliphatic heterocycles. The number of halogens is 1. The molecule has 2 N–H and O–H groups in total. The maximum Gasteiger partial charge on any atom is 0.322 e. The number of ether oxygens (including phenoxy) is 1. The summed E-state index contributed by atoms with van der Waals surface area (Å²) >= 11 is 0. The van der Waals surface area contributed by atoms with Gasteiger partial charge in [0.1, 0.15) is 18.1 Å². The van der Waals surface area contributed by atoms with Crippen molar-refractivity contribution >= 4 is 28.8 Å². The number of urea groups is 1. The molecule has 2 amide bonds. The maximum atomic E-state index is 13.3. The Morgan fingerprint density at radius 1 is 0.935 bits per heavy atom. The molecule has 2 fully saturated rings. The molecule has 31 heavy (non-hydrogen) atoms. The first kappa shape index (κ1) is 19.4. The van der Waals surface area contributed by atoms with Gasteiger partial charge >= 0.3 is 6.03 Å². The number of benzene rings is 1. The highest BCUT2D eigenvalue weighted by molar-refractivity contribution is 5.88. The summed E-state index contributed by atoms with van der Waals surface area (Å²) in [5.41, 5.74) is 8.72. The summed E-state index contributed by atoms with van der Waals surface area (Å²) < 4.78 is 18.6. The Hall–Kier alpha value is -3.53. The van der Waals surface area contributed by atoms with Crippen molar-refractivity contribution in [2.75, 3.05) is 56.7 Å². The summed E-state index contributed by atoms with van der Waals surface area (Å²) in [7, 11) is 0. The average molecular weight is 423 g/mol. The van der Waals surface area contributed by atoms with Crippen molar-refractivity contribution in [3.05, 3.63) is 42.2 Å². The topological polar surface area (TPSA) is 101 Å². The minimum atomic E-state index is -0.297. The van der Waals surface area contributed by atoms with Crippen molar-refractivity contribution in [1.82, 2.24) is 24.8 Å². The number of rotatable bonds is 2. The molecule has 0 spiro atoms. The van der Waals surface area contributed by atoms with Gasteiger partial charge in [0.15, 0.2) is 5.82 Å². The van der Waals surface area contributed by atoms with Crippen molar-refractivity contribution in [2.45, 2.75) is 0 Å². The molecule has 0 saturated carbocycles. The van der Waals surface area contributed by atoms with Gasteiger partial charge in [-0.25, -0.2) is 19.2 Å². The van der Waals surface area contributed by atoms with Crippen molar-refractivity contribution in [1.29, 1.82) is 0 Å². The van der Waals surface area contributed by atoms with Crippen LogP contribution in [0.4, 0.5) is 21.0 Å². The molecular weight excluding hydrogens is 401 g/mol. The lowest BCUT2D eigenvalue weighted by Crippen LogP contribution is -2.52. The van der Waals surface area contributed by atoms with Crippen LogP contribution in [0, 0.1) is 5.82 Å². The average Bonchev–Trinajstić information content (AvgIpc) is 3.33. The van der Waals surface area contributed by atoms with Crippen LogP contribution < -0.4 is 10.6 Å². The van der Waals surface area contributed by atoms with E-state index in [1.807, 2.05) is 17.0 Å². The van der Waals surface area contributed by atoms with Gasteiger partial charge in [-0.3, -0.25) is 4.90 Å². The van der Waals surface area contributed by atoms with Crippen LogP contribution in [0.1, 0.15) is 0 Å². The van der Waals surface area contributed by atoms with Gasteiger partial charge in [-0.15, -0.1) is 0 Å². The number of hydrogen-bond donors (Lipinski definition) is 1. The molecule has 1 aromatic carbocycles. The van der Waals surface area contributed by atoms with Crippen molar-refractivity contribution in [3.8, 4) is 11.3 Å². The van der Waals surface area contributed by atoms with Crippen LogP contribution in [0.15, 0.2) is 36.4 Å². The Balaban J connectivity index is 1.42. The molecule has 2 saturated heterocycles. The quantitative estimate of drug-likeness (QED) is 0.672. The molecule has 0 atom stereocenters. The molecular formula is C21H22FN7O2. The van der Waals surface area contributed by atoms with Crippen LogP contribution in [0.5, 0.6) is 0 Å². The van der Waals surface area contributed by atoms with Gasteiger partial charge in [-0.05, 0) is 36.4 Å². The summed E-state index contributed by atoms with van der Waals surface area (Å²) in [5, 5.41) is 0. The highest BCUT2D eigenvalue weighted by Gasteiger charge is 2.28. The molecule has 0 unspecified atom stereocenters. The molecule has 0 radical (unpaired) electrons. The molecule has 9 nitrogen and oxygen atoms in total. The number of carbonyl (C=O) groups is 1. The molecule has 3 aromatic rings. The number of anilines is 2. The fourth-order valence-corrected chi connectivity index (χ4v) is 3.89. The second-order valence-electron chi connectivity index (χ2n) is 7.53. The lowest BCUT2D eigenvalue weighted by atomic mass is 10.1. The molecule has 0 bridgehead atoms. The number of amides is 2. The van der Waals surface area contributed by atoms with Gasteiger partial charge in [0.25, 0.3) is 0 Å². The van der Waals surface area contributed by atoms with Crippen molar-refractivity contribution in [2.24, 2.45) is 0 Å². The van der Waals surface area contributed by atoms with E-state index < -0.39 is 0 Å².